The molecule has 1 rings (SSSR count). The number of rotatable bonds is 1. The molecule has 0 aliphatic carbocycles. The average molecular weight is 207 g/mol. The fraction of sp³-hybridized carbons (Fsp3) is 1.00. The number of hydrogen-bond donors (Lipinski definition) is 1. The third kappa shape index (κ3) is 2.03. The van der Waals surface area contributed by atoms with E-state index >= 15 is 0 Å². The van der Waals surface area contributed by atoms with Crippen LogP contribution in [0.4, 0.5) is 0 Å². The fourth-order valence-corrected chi connectivity index (χ4v) is 3.27. The second-order valence-electron chi connectivity index (χ2n) is 4.15. The second-order valence-corrected chi connectivity index (χ2v) is 6.05. The molecule has 1 atom stereocenters. The first-order valence-corrected chi connectivity index (χ1v) is 6.27. The van der Waals surface area contributed by atoms with E-state index < -0.39 is 21.7 Å². The van der Waals surface area contributed by atoms with Crippen LogP contribution in [-0.2, 0) is 10.0 Å². The van der Waals surface area contributed by atoms with Crippen LogP contribution >= 0.6 is 0 Å². The molecule has 1 aliphatic rings. The van der Waals surface area contributed by atoms with Gasteiger partial charge in [0.15, 0.2) is 0 Å². The SMILES string of the molecule is CC1(C)C(O)CCCN1S(C)(=O)=O. The molecule has 0 spiro atoms. The highest BCUT2D eigenvalue weighted by Crippen LogP contribution is 2.29. The molecule has 0 amide bonds. The zero-order valence-electron chi connectivity index (χ0n) is 8.32. The van der Waals surface area contributed by atoms with E-state index in [1.54, 1.807) is 13.8 Å². The van der Waals surface area contributed by atoms with E-state index in [1.807, 2.05) is 0 Å². The number of nitrogens with zero attached hydrogens (tertiary/aromatic N) is 1. The Hall–Kier alpha value is -0.130. The largest absolute Gasteiger partial charge is 0.391 e. The molecule has 1 aliphatic heterocycles. The lowest BCUT2D eigenvalue weighted by atomic mass is 9.90. The summed E-state index contributed by atoms with van der Waals surface area (Å²) in [6.45, 7) is 4.04. The maximum absolute atomic E-state index is 11.4. The van der Waals surface area contributed by atoms with Crippen molar-refractivity contribution in [2.24, 2.45) is 0 Å². The van der Waals surface area contributed by atoms with Crippen molar-refractivity contribution in [1.82, 2.24) is 4.31 Å². The van der Waals surface area contributed by atoms with Gasteiger partial charge in [-0.25, -0.2) is 8.42 Å². The first-order chi connectivity index (χ1) is 5.76. The Bertz CT molecular complexity index is 284. The van der Waals surface area contributed by atoms with E-state index in [0.29, 0.717) is 13.0 Å². The van der Waals surface area contributed by atoms with Gasteiger partial charge in [-0.1, -0.05) is 0 Å². The van der Waals surface area contributed by atoms with Gasteiger partial charge in [-0.15, -0.1) is 0 Å². The molecule has 5 heteroatoms. The molecule has 1 N–H and O–H groups in total. The number of piperidine rings is 1. The zero-order chi connectivity index (χ0) is 10.3. The minimum Gasteiger partial charge on any atom is -0.391 e. The quantitative estimate of drug-likeness (QED) is 0.667. The lowest BCUT2D eigenvalue weighted by molar-refractivity contribution is 0.000578. The van der Waals surface area contributed by atoms with E-state index in [9.17, 15) is 13.5 Å². The lowest BCUT2D eigenvalue weighted by Crippen LogP contribution is -2.57. The Balaban J connectivity index is 2.98. The molecule has 78 valence electrons. The highest BCUT2D eigenvalue weighted by Gasteiger charge is 2.42. The Labute approximate surface area is 79.6 Å². The van der Waals surface area contributed by atoms with E-state index in [0.717, 1.165) is 6.42 Å². The van der Waals surface area contributed by atoms with Gasteiger partial charge in [0, 0.05) is 6.54 Å². The van der Waals surface area contributed by atoms with Gasteiger partial charge in [0.25, 0.3) is 0 Å². The van der Waals surface area contributed by atoms with Gasteiger partial charge in [-0.2, -0.15) is 4.31 Å². The molecule has 0 aromatic rings. The first kappa shape index (κ1) is 10.9. The molecule has 0 bridgehead atoms. The highest BCUT2D eigenvalue weighted by atomic mass is 32.2. The van der Waals surface area contributed by atoms with Gasteiger partial charge in [0.1, 0.15) is 0 Å². The van der Waals surface area contributed by atoms with Crippen LogP contribution in [-0.4, -0.2) is 42.3 Å². The molecule has 1 saturated heterocycles. The molecule has 4 nitrogen and oxygen atoms in total. The summed E-state index contributed by atoms with van der Waals surface area (Å²) < 4.78 is 24.1. The number of aliphatic hydroxyl groups is 1. The molecule has 0 aromatic heterocycles. The maximum atomic E-state index is 11.4. The second kappa shape index (κ2) is 3.22. The minimum atomic E-state index is -3.19. The molecule has 0 radical (unpaired) electrons. The predicted octanol–water partition coefficient (Wildman–Crippen LogP) is 0.181. The summed E-state index contributed by atoms with van der Waals surface area (Å²) in [5.41, 5.74) is -0.661. The van der Waals surface area contributed by atoms with Crippen LogP contribution in [0, 0.1) is 0 Å². The monoisotopic (exact) mass is 207 g/mol. The van der Waals surface area contributed by atoms with Crippen molar-refractivity contribution < 1.29 is 13.5 Å². The van der Waals surface area contributed by atoms with Crippen molar-refractivity contribution in [3.05, 3.63) is 0 Å². The van der Waals surface area contributed by atoms with E-state index in [4.69, 9.17) is 0 Å². The Morgan fingerprint density at radius 3 is 2.38 bits per heavy atom. The van der Waals surface area contributed by atoms with Crippen LogP contribution in [0.1, 0.15) is 26.7 Å². The summed E-state index contributed by atoms with van der Waals surface area (Å²) in [6.07, 6.45) is 2.04. The van der Waals surface area contributed by atoms with Gasteiger partial charge in [-0.3, -0.25) is 0 Å². The van der Waals surface area contributed by atoms with Crippen LogP contribution in [0.2, 0.25) is 0 Å². The highest BCUT2D eigenvalue weighted by molar-refractivity contribution is 7.88. The van der Waals surface area contributed by atoms with Crippen LogP contribution in [0.25, 0.3) is 0 Å². The lowest BCUT2D eigenvalue weighted by Gasteiger charge is -2.43. The molecular weight excluding hydrogens is 190 g/mol. The average Bonchev–Trinajstić information content (AvgIpc) is 1.92. The van der Waals surface area contributed by atoms with Gasteiger partial charge in [0.05, 0.1) is 17.9 Å². The van der Waals surface area contributed by atoms with Crippen LogP contribution in [0.15, 0.2) is 0 Å². The molecule has 0 saturated carbocycles. The van der Waals surface area contributed by atoms with Crippen molar-refractivity contribution in [3.63, 3.8) is 0 Å². The molecule has 0 aromatic carbocycles. The normalized spacial score (nSPS) is 30.3. The molecular formula is C8H17NO3S. The number of aliphatic hydroxyl groups excluding tert-OH is 1. The van der Waals surface area contributed by atoms with E-state index in [2.05, 4.69) is 0 Å². The van der Waals surface area contributed by atoms with Crippen molar-refractivity contribution in [2.75, 3.05) is 12.8 Å². The molecule has 13 heavy (non-hydrogen) atoms. The predicted molar refractivity (Wildman–Crippen MR) is 50.9 cm³/mol. The van der Waals surface area contributed by atoms with E-state index in [-0.39, 0.29) is 0 Å². The third-order valence-electron chi connectivity index (χ3n) is 2.70. The van der Waals surface area contributed by atoms with Gasteiger partial charge in [-0.05, 0) is 26.7 Å². The van der Waals surface area contributed by atoms with Gasteiger partial charge >= 0.3 is 0 Å². The molecule has 1 fully saturated rings. The van der Waals surface area contributed by atoms with Crippen molar-refractivity contribution in [3.8, 4) is 0 Å². The standard InChI is InChI=1S/C8H17NO3S/c1-8(2)7(10)5-4-6-9(8)13(3,11)12/h7,10H,4-6H2,1-3H3. The summed E-state index contributed by atoms with van der Waals surface area (Å²) in [5, 5.41) is 9.66. The van der Waals surface area contributed by atoms with Crippen molar-refractivity contribution >= 4 is 10.0 Å². The van der Waals surface area contributed by atoms with Gasteiger partial charge in [0.2, 0.25) is 10.0 Å². The van der Waals surface area contributed by atoms with Gasteiger partial charge < -0.3 is 5.11 Å². The van der Waals surface area contributed by atoms with Crippen LogP contribution < -0.4 is 0 Å². The topological polar surface area (TPSA) is 57.6 Å². The third-order valence-corrected chi connectivity index (χ3v) is 4.15. The fourth-order valence-electron chi connectivity index (χ4n) is 1.83. The van der Waals surface area contributed by atoms with E-state index in [1.165, 1.54) is 10.6 Å². The smallest absolute Gasteiger partial charge is 0.211 e. The summed E-state index contributed by atoms with van der Waals surface area (Å²) in [6, 6.07) is 0. The van der Waals surface area contributed by atoms with Crippen LogP contribution in [0.5, 0.6) is 0 Å². The first-order valence-electron chi connectivity index (χ1n) is 4.42. The zero-order valence-corrected chi connectivity index (χ0v) is 9.13. The van der Waals surface area contributed by atoms with Crippen molar-refractivity contribution in [1.29, 1.82) is 0 Å². The Kier molecular flexibility index (Phi) is 2.71. The minimum absolute atomic E-state index is 0.517. The summed E-state index contributed by atoms with van der Waals surface area (Å²) in [5.74, 6) is 0. The molecule has 1 unspecified atom stereocenters. The van der Waals surface area contributed by atoms with Crippen LogP contribution in [0.3, 0.4) is 0 Å². The summed E-state index contributed by atoms with van der Waals surface area (Å²) in [7, 11) is -3.19. The maximum Gasteiger partial charge on any atom is 0.211 e. The number of hydrogen-bond acceptors (Lipinski definition) is 3. The van der Waals surface area contributed by atoms with Crippen molar-refractivity contribution in [2.45, 2.75) is 38.3 Å². The Morgan fingerprint density at radius 2 is 2.00 bits per heavy atom. The molecule has 1 heterocycles. The summed E-state index contributed by atoms with van der Waals surface area (Å²) in [4.78, 5) is 0. The Morgan fingerprint density at radius 1 is 1.46 bits per heavy atom. The summed E-state index contributed by atoms with van der Waals surface area (Å²) >= 11 is 0. The number of sulfonamides is 1.